The average molecular weight is 509 g/mol. The van der Waals surface area contributed by atoms with Gasteiger partial charge in [-0.05, 0) is 50.4 Å². The second kappa shape index (κ2) is 10.5. The molecule has 3 fully saturated rings. The van der Waals surface area contributed by atoms with Gasteiger partial charge in [0.15, 0.2) is 0 Å². The van der Waals surface area contributed by atoms with Crippen molar-refractivity contribution in [1.82, 2.24) is 20.2 Å². The zero-order valence-electron chi connectivity index (χ0n) is 19.2. The lowest BCUT2D eigenvalue weighted by Gasteiger charge is -2.49. The number of halogens is 3. The fourth-order valence-electron chi connectivity index (χ4n) is 4.96. The predicted molar refractivity (Wildman–Crippen MR) is 126 cm³/mol. The molecule has 188 valence electrons. The summed E-state index contributed by atoms with van der Waals surface area (Å²) in [6, 6.07) is 7.13. The van der Waals surface area contributed by atoms with Crippen LogP contribution in [0.4, 0.5) is 13.2 Å². The number of rotatable bonds is 8. The van der Waals surface area contributed by atoms with E-state index in [0.29, 0.717) is 29.5 Å². The van der Waals surface area contributed by atoms with Crippen molar-refractivity contribution in [2.75, 3.05) is 31.1 Å². The van der Waals surface area contributed by atoms with Crippen molar-refractivity contribution in [2.45, 2.75) is 37.9 Å². The van der Waals surface area contributed by atoms with Gasteiger partial charge in [0.1, 0.15) is 5.82 Å². The minimum absolute atomic E-state index is 0.0977. The molecule has 1 aromatic carbocycles. The molecule has 3 saturated heterocycles. The summed E-state index contributed by atoms with van der Waals surface area (Å²) in [5.41, 5.74) is 1.44. The molecule has 1 unspecified atom stereocenters. The standard InChI is InChI=1S/C24H27F3N4O3S/c1-14-29-20(15-2-4-17(5-3-15)24(25,26)27)9-21(30-14)19-11-31-7-6-16(19)8-18(31)10-28-22(32)12-35-13-23(33)34/h2-5,9,16,18-19H,6-8,10-13H2,1H3,(H,28,32)(H,33,34)/t16-,18+,19+/m0/s1. The van der Waals surface area contributed by atoms with Crippen LogP contribution in [0, 0.1) is 12.8 Å². The number of piperidine rings is 3. The molecule has 3 aliphatic heterocycles. The Balaban J connectivity index is 1.41. The highest BCUT2D eigenvalue weighted by atomic mass is 32.2. The van der Waals surface area contributed by atoms with Crippen LogP contribution in [0.3, 0.4) is 0 Å². The van der Waals surface area contributed by atoms with E-state index in [-0.39, 0.29) is 29.4 Å². The predicted octanol–water partition coefficient (Wildman–Crippen LogP) is 3.58. The maximum absolute atomic E-state index is 12.9. The third-order valence-corrected chi connectivity index (χ3v) is 7.54. The van der Waals surface area contributed by atoms with Gasteiger partial charge in [-0.1, -0.05) is 12.1 Å². The Bertz CT molecular complexity index is 1080. The van der Waals surface area contributed by atoms with Gasteiger partial charge in [0.2, 0.25) is 5.91 Å². The van der Waals surface area contributed by atoms with Crippen LogP contribution in [-0.2, 0) is 15.8 Å². The molecule has 0 radical (unpaired) electrons. The van der Waals surface area contributed by atoms with Crippen LogP contribution in [0.15, 0.2) is 30.3 Å². The number of amides is 1. The first kappa shape index (κ1) is 25.4. The van der Waals surface area contributed by atoms with Crippen molar-refractivity contribution < 1.29 is 27.9 Å². The van der Waals surface area contributed by atoms with Crippen LogP contribution in [0.2, 0.25) is 0 Å². The van der Waals surface area contributed by atoms with Crippen LogP contribution in [0.25, 0.3) is 11.3 Å². The van der Waals surface area contributed by atoms with E-state index >= 15 is 0 Å². The molecule has 0 spiro atoms. The Hall–Kier alpha value is -2.66. The number of nitrogens with one attached hydrogen (secondary N) is 1. The molecule has 0 saturated carbocycles. The van der Waals surface area contributed by atoms with E-state index in [9.17, 15) is 22.8 Å². The molecule has 2 bridgehead atoms. The van der Waals surface area contributed by atoms with Gasteiger partial charge in [0.25, 0.3) is 0 Å². The highest BCUT2D eigenvalue weighted by molar-refractivity contribution is 8.00. The maximum Gasteiger partial charge on any atom is 0.416 e. The molecule has 11 heteroatoms. The number of fused-ring (bicyclic) bond motifs is 3. The van der Waals surface area contributed by atoms with Crippen molar-refractivity contribution in [3.8, 4) is 11.3 Å². The largest absolute Gasteiger partial charge is 0.481 e. The first-order valence-electron chi connectivity index (χ1n) is 11.4. The first-order valence-corrected chi connectivity index (χ1v) is 12.6. The van der Waals surface area contributed by atoms with E-state index in [1.807, 2.05) is 6.07 Å². The highest BCUT2D eigenvalue weighted by Gasteiger charge is 2.41. The summed E-state index contributed by atoms with van der Waals surface area (Å²) in [5.74, 6) is 0.0812. The Morgan fingerprint density at radius 1 is 1.20 bits per heavy atom. The minimum atomic E-state index is -4.38. The van der Waals surface area contributed by atoms with Crippen LogP contribution in [-0.4, -0.2) is 69.0 Å². The van der Waals surface area contributed by atoms with Gasteiger partial charge in [-0.15, -0.1) is 11.8 Å². The molecule has 1 aromatic heterocycles. The van der Waals surface area contributed by atoms with E-state index in [1.54, 1.807) is 6.92 Å². The van der Waals surface area contributed by atoms with Crippen molar-refractivity contribution in [3.63, 3.8) is 0 Å². The second-order valence-corrected chi connectivity index (χ2v) is 10.0. The highest BCUT2D eigenvalue weighted by Crippen LogP contribution is 2.41. The van der Waals surface area contributed by atoms with Gasteiger partial charge in [0, 0.05) is 36.3 Å². The van der Waals surface area contributed by atoms with E-state index < -0.39 is 17.7 Å². The second-order valence-electron chi connectivity index (χ2n) is 9.03. The summed E-state index contributed by atoms with van der Waals surface area (Å²) in [6.45, 7) is 4.04. The van der Waals surface area contributed by atoms with Crippen LogP contribution >= 0.6 is 11.8 Å². The van der Waals surface area contributed by atoms with Gasteiger partial charge in [-0.2, -0.15) is 13.2 Å². The third-order valence-electron chi connectivity index (χ3n) is 6.62. The molecule has 3 aliphatic rings. The van der Waals surface area contributed by atoms with Crippen LogP contribution < -0.4 is 5.32 Å². The number of aromatic nitrogens is 2. The Kier molecular flexibility index (Phi) is 7.65. The molecule has 7 nitrogen and oxygen atoms in total. The smallest absolute Gasteiger partial charge is 0.416 e. The van der Waals surface area contributed by atoms with Gasteiger partial charge in [0.05, 0.1) is 22.8 Å². The van der Waals surface area contributed by atoms with Crippen molar-refractivity contribution in [2.24, 2.45) is 5.92 Å². The summed E-state index contributed by atoms with van der Waals surface area (Å²) in [4.78, 5) is 34.1. The zero-order valence-corrected chi connectivity index (χ0v) is 20.0. The lowest BCUT2D eigenvalue weighted by molar-refractivity contribution is -0.137. The van der Waals surface area contributed by atoms with Gasteiger partial charge in [-0.25, -0.2) is 9.97 Å². The Morgan fingerprint density at radius 2 is 1.94 bits per heavy atom. The van der Waals surface area contributed by atoms with E-state index in [4.69, 9.17) is 5.11 Å². The number of thioether (sulfide) groups is 1. The number of carboxylic acid groups (broad SMARTS) is 1. The lowest BCUT2D eigenvalue weighted by atomic mass is 9.74. The van der Waals surface area contributed by atoms with Crippen molar-refractivity contribution in [3.05, 3.63) is 47.4 Å². The first-order chi connectivity index (χ1) is 16.6. The number of nitrogens with zero attached hydrogens (tertiary/aromatic N) is 3. The number of carboxylic acids is 1. The number of aliphatic carboxylic acids is 1. The topological polar surface area (TPSA) is 95.4 Å². The van der Waals surface area contributed by atoms with Gasteiger partial charge in [-0.3, -0.25) is 14.5 Å². The monoisotopic (exact) mass is 508 g/mol. The molecule has 2 N–H and O–H groups in total. The van der Waals surface area contributed by atoms with Crippen molar-refractivity contribution in [1.29, 1.82) is 0 Å². The summed E-state index contributed by atoms with van der Waals surface area (Å²) >= 11 is 1.08. The number of hydrogen-bond acceptors (Lipinski definition) is 6. The molecule has 0 aliphatic carbocycles. The molecule has 4 atom stereocenters. The van der Waals surface area contributed by atoms with Gasteiger partial charge < -0.3 is 10.4 Å². The summed E-state index contributed by atoms with van der Waals surface area (Å²) < 4.78 is 38.8. The average Bonchev–Trinajstić information content (AvgIpc) is 2.82. The van der Waals surface area contributed by atoms with E-state index in [0.717, 1.165) is 55.5 Å². The number of aryl methyl sites for hydroxylation is 1. The van der Waals surface area contributed by atoms with Crippen molar-refractivity contribution >= 4 is 23.6 Å². The molecule has 2 aromatic rings. The molecule has 4 heterocycles. The molecule has 5 rings (SSSR count). The number of benzene rings is 1. The van der Waals surface area contributed by atoms with Gasteiger partial charge >= 0.3 is 12.1 Å². The third kappa shape index (κ3) is 6.32. The quantitative estimate of drug-likeness (QED) is 0.563. The maximum atomic E-state index is 12.9. The molecule has 1 amide bonds. The van der Waals surface area contributed by atoms with E-state index in [1.165, 1.54) is 12.1 Å². The Labute approximate surface area is 205 Å². The SMILES string of the molecule is Cc1nc(-c2ccc(C(F)(F)F)cc2)cc([C@@H]2CN3CC[C@H]2C[C@@H]3CNC(=O)CSCC(=O)O)n1. The molecular formula is C24H27F3N4O3S. The fraction of sp³-hybridized carbons (Fsp3) is 0.500. The number of carbonyl (C=O) groups excluding carboxylic acids is 1. The fourth-order valence-corrected chi connectivity index (χ4v) is 5.52. The normalized spacial score (nSPS) is 23.8. The summed E-state index contributed by atoms with van der Waals surface area (Å²) in [6.07, 6.45) is -2.46. The molecular weight excluding hydrogens is 481 g/mol. The summed E-state index contributed by atoms with van der Waals surface area (Å²) in [7, 11) is 0. The lowest BCUT2D eigenvalue weighted by Crippen LogP contribution is -2.56. The number of alkyl halides is 3. The van der Waals surface area contributed by atoms with E-state index in [2.05, 4.69) is 20.2 Å². The number of carbonyl (C=O) groups is 2. The summed E-state index contributed by atoms with van der Waals surface area (Å²) in [5, 5.41) is 11.6. The zero-order chi connectivity index (χ0) is 25.2. The van der Waals surface area contributed by atoms with Crippen LogP contribution in [0.1, 0.15) is 35.8 Å². The van der Waals surface area contributed by atoms with Crippen LogP contribution in [0.5, 0.6) is 0 Å². The Morgan fingerprint density at radius 3 is 2.57 bits per heavy atom. The minimum Gasteiger partial charge on any atom is -0.481 e. The molecule has 35 heavy (non-hydrogen) atoms. The number of hydrogen-bond donors (Lipinski definition) is 2.